The predicted molar refractivity (Wildman–Crippen MR) is 111 cm³/mol. The summed E-state index contributed by atoms with van der Waals surface area (Å²) >= 11 is 0. The van der Waals surface area contributed by atoms with E-state index in [4.69, 9.17) is 5.73 Å². The van der Waals surface area contributed by atoms with Crippen molar-refractivity contribution < 1.29 is 9.72 Å². The van der Waals surface area contributed by atoms with E-state index in [1.165, 1.54) is 22.9 Å². The third-order valence-corrected chi connectivity index (χ3v) is 5.22. The topological polar surface area (TPSA) is 124 Å². The van der Waals surface area contributed by atoms with E-state index >= 15 is 0 Å². The number of nitrogens with two attached hydrogens (primary N) is 1. The molecule has 2 heterocycles. The third kappa shape index (κ3) is 4.30. The zero-order valence-corrected chi connectivity index (χ0v) is 17.3. The number of aromatic nitrogens is 2. The zero-order valence-electron chi connectivity index (χ0n) is 16.5. The summed E-state index contributed by atoms with van der Waals surface area (Å²) < 4.78 is 1.27. The SMILES string of the molecule is Cc1cc(=O)c(C(=O)N2CCC(N)C(C)(C)C2)nn1-c1ccccc1[N+](=O)[O-].Cl. The number of piperidine rings is 1. The van der Waals surface area contributed by atoms with Gasteiger partial charge < -0.3 is 10.6 Å². The van der Waals surface area contributed by atoms with Crippen LogP contribution < -0.4 is 11.2 Å². The first kappa shape index (κ1) is 22.5. The summed E-state index contributed by atoms with van der Waals surface area (Å²) in [6, 6.07) is 7.30. The minimum Gasteiger partial charge on any atom is -0.336 e. The second-order valence-corrected chi connectivity index (χ2v) is 7.77. The van der Waals surface area contributed by atoms with Gasteiger partial charge in [-0.25, -0.2) is 4.68 Å². The summed E-state index contributed by atoms with van der Waals surface area (Å²) in [5.74, 6) is -0.489. The van der Waals surface area contributed by atoms with Gasteiger partial charge in [0, 0.05) is 37.0 Å². The van der Waals surface area contributed by atoms with E-state index < -0.39 is 16.3 Å². The van der Waals surface area contributed by atoms with Gasteiger partial charge in [0.1, 0.15) is 5.69 Å². The third-order valence-electron chi connectivity index (χ3n) is 5.22. The summed E-state index contributed by atoms with van der Waals surface area (Å²) in [5, 5.41) is 15.6. The molecule has 0 bridgehead atoms. The van der Waals surface area contributed by atoms with Crippen LogP contribution in [0.1, 0.15) is 36.5 Å². The maximum absolute atomic E-state index is 13.0. The number of rotatable bonds is 3. The monoisotopic (exact) mass is 421 g/mol. The second kappa shape index (κ2) is 8.30. The van der Waals surface area contributed by atoms with Crippen molar-refractivity contribution in [2.75, 3.05) is 13.1 Å². The first-order chi connectivity index (χ1) is 13.1. The molecular formula is C19H24ClN5O4. The van der Waals surface area contributed by atoms with Gasteiger partial charge in [0.05, 0.1) is 4.92 Å². The average Bonchev–Trinajstić information content (AvgIpc) is 2.63. The predicted octanol–water partition coefficient (Wildman–Crippen LogP) is 2.07. The molecule has 2 N–H and O–H groups in total. The van der Waals surface area contributed by atoms with E-state index in [-0.39, 0.29) is 40.9 Å². The first-order valence-corrected chi connectivity index (χ1v) is 9.01. The highest BCUT2D eigenvalue weighted by molar-refractivity contribution is 5.92. The Kier molecular flexibility index (Phi) is 6.44. The molecule has 2 aromatic rings. The average molecular weight is 422 g/mol. The molecule has 1 aromatic heterocycles. The number of hydrogen-bond donors (Lipinski definition) is 1. The minimum atomic E-state index is -0.523. The molecule has 10 heteroatoms. The van der Waals surface area contributed by atoms with Crippen molar-refractivity contribution in [1.29, 1.82) is 0 Å². The van der Waals surface area contributed by atoms with E-state index in [0.717, 1.165) is 0 Å². The maximum atomic E-state index is 13.0. The first-order valence-electron chi connectivity index (χ1n) is 9.01. The van der Waals surface area contributed by atoms with Crippen LogP contribution in [0, 0.1) is 22.5 Å². The fraction of sp³-hybridized carbons (Fsp3) is 0.421. The molecular weight excluding hydrogens is 398 g/mol. The van der Waals surface area contributed by atoms with Gasteiger partial charge in [-0.05, 0) is 24.8 Å². The Labute approximate surface area is 174 Å². The molecule has 1 aliphatic heterocycles. The van der Waals surface area contributed by atoms with Crippen molar-refractivity contribution in [1.82, 2.24) is 14.7 Å². The smallest absolute Gasteiger partial charge is 0.294 e. The van der Waals surface area contributed by atoms with E-state index in [1.54, 1.807) is 24.0 Å². The lowest BCUT2D eigenvalue weighted by molar-refractivity contribution is -0.384. The number of nitro groups is 1. The van der Waals surface area contributed by atoms with Crippen molar-refractivity contribution >= 4 is 24.0 Å². The Morgan fingerprint density at radius 1 is 1.34 bits per heavy atom. The largest absolute Gasteiger partial charge is 0.336 e. The molecule has 29 heavy (non-hydrogen) atoms. The van der Waals surface area contributed by atoms with Gasteiger partial charge in [-0.1, -0.05) is 26.0 Å². The van der Waals surface area contributed by atoms with Crippen molar-refractivity contribution in [3.63, 3.8) is 0 Å². The van der Waals surface area contributed by atoms with Crippen molar-refractivity contribution in [3.8, 4) is 5.69 Å². The lowest BCUT2D eigenvalue weighted by Crippen LogP contribution is -2.54. The van der Waals surface area contributed by atoms with Crippen LogP contribution in [-0.4, -0.2) is 44.6 Å². The summed E-state index contributed by atoms with van der Waals surface area (Å²) in [5.41, 5.74) is 5.51. The van der Waals surface area contributed by atoms with Crippen LogP contribution in [-0.2, 0) is 0 Å². The van der Waals surface area contributed by atoms with Crippen LogP contribution >= 0.6 is 12.4 Å². The molecule has 156 valence electrons. The standard InChI is InChI=1S/C19H23N5O4.ClH/c1-12-10-15(25)17(18(26)22-9-8-16(20)19(2,3)11-22)21-23(12)13-6-4-5-7-14(13)24(27)28;/h4-7,10,16H,8-9,11,20H2,1-3H3;1H. The highest BCUT2D eigenvalue weighted by Gasteiger charge is 2.36. The van der Waals surface area contributed by atoms with Gasteiger partial charge in [-0.3, -0.25) is 19.7 Å². The van der Waals surface area contributed by atoms with Gasteiger partial charge >= 0.3 is 0 Å². The summed E-state index contributed by atoms with van der Waals surface area (Å²) in [4.78, 5) is 37.9. The molecule has 1 unspecified atom stereocenters. The Morgan fingerprint density at radius 3 is 2.62 bits per heavy atom. The van der Waals surface area contributed by atoms with Gasteiger partial charge in [-0.15, -0.1) is 12.4 Å². The molecule has 3 rings (SSSR count). The highest BCUT2D eigenvalue weighted by Crippen LogP contribution is 2.28. The Balaban J connectivity index is 0.00000300. The van der Waals surface area contributed by atoms with Crippen LogP contribution in [0.15, 0.2) is 35.1 Å². The Hall–Kier alpha value is -2.78. The molecule has 1 amide bonds. The minimum absolute atomic E-state index is 0. The molecule has 0 spiro atoms. The van der Waals surface area contributed by atoms with E-state index in [1.807, 2.05) is 13.8 Å². The van der Waals surface area contributed by atoms with Crippen LogP contribution in [0.3, 0.4) is 0 Å². The number of carbonyl (C=O) groups excluding carboxylic acids is 1. The van der Waals surface area contributed by atoms with Gasteiger partial charge in [0.2, 0.25) is 5.43 Å². The number of nitro benzene ring substituents is 1. The van der Waals surface area contributed by atoms with Crippen molar-refractivity contribution in [2.24, 2.45) is 11.1 Å². The number of carbonyl (C=O) groups is 1. The summed E-state index contributed by atoms with van der Waals surface area (Å²) in [6.45, 7) is 6.41. The molecule has 9 nitrogen and oxygen atoms in total. The zero-order chi connectivity index (χ0) is 20.6. The number of hydrogen-bond acceptors (Lipinski definition) is 6. The van der Waals surface area contributed by atoms with Crippen LogP contribution in [0.25, 0.3) is 5.69 Å². The molecule has 1 atom stereocenters. The van der Waals surface area contributed by atoms with E-state index in [9.17, 15) is 19.7 Å². The number of aryl methyl sites for hydroxylation is 1. The lowest BCUT2D eigenvalue weighted by atomic mass is 9.79. The molecule has 0 saturated carbocycles. The van der Waals surface area contributed by atoms with Crippen LogP contribution in [0.5, 0.6) is 0 Å². The molecule has 1 fully saturated rings. The number of benzene rings is 1. The molecule has 1 aliphatic rings. The summed E-state index contributed by atoms with van der Waals surface area (Å²) in [7, 11) is 0. The normalized spacial score (nSPS) is 18.1. The van der Waals surface area contributed by atoms with Crippen LogP contribution in [0.2, 0.25) is 0 Å². The van der Waals surface area contributed by atoms with E-state index in [2.05, 4.69) is 5.10 Å². The molecule has 0 radical (unpaired) electrons. The Bertz CT molecular complexity index is 1000. The Morgan fingerprint density at radius 2 is 2.00 bits per heavy atom. The fourth-order valence-corrected chi connectivity index (χ4v) is 3.43. The molecule has 0 aliphatic carbocycles. The molecule has 1 saturated heterocycles. The number of amides is 1. The lowest BCUT2D eigenvalue weighted by Gasteiger charge is -2.42. The molecule has 1 aromatic carbocycles. The number of halogens is 1. The van der Waals surface area contributed by atoms with Gasteiger partial charge in [0.15, 0.2) is 5.69 Å². The van der Waals surface area contributed by atoms with Gasteiger partial charge in [0.25, 0.3) is 11.6 Å². The van der Waals surface area contributed by atoms with Crippen molar-refractivity contribution in [2.45, 2.75) is 33.2 Å². The highest BCUT2D eigenvalue weighted by atomic mass is 35.5. The maximum Gasteiger partial charge on any atom is 0.294 e. The fourth-order valence-electron chi connectivity index (χ4n) is 3.43. The van der Waals surface area contributed by atoms with Crippen molar-refractivity contribution in [3.05, 3.63) is 62.1 Å². The van der Waals surface area contributed by atoms with E-state index in [0.29, 0.717) is 25.2 Å². The van der Waals surface area contributed by atoms with Crippen LogP contribution in [0.4, 0.5) is 5.69 Å². The summed E-state index contributed by atoms with van der Waals surface area (Å²) in [6.07, 6.45) is 0.628. The quantitative estimate of drug-likeness (QED) is 0.597. The number of nitrogens with zero attached hydrogens (tertiary/aromatic N) is 4. The number of para-hydroxylation sites is 2. The number of likely N-dealkylation sites (tertiary alicyclic amines) is 1. The van der Waals surface area contributed by atoms with Gasteiger partial charge in [-0.2, -0.15) is 5.10 Å². The second-order valence-electron chi connectivity index (χ2n) is 7.77.